The monoisotopic (exact) mass is 1900 g/mol. The number of phenolic OH excluding ortho intramolecular Hbond substituents is 3. The average molecular weight is 1900 g/mol. The van der Waals surface area contributed by atoms with E-state index in [9.17, 15) is 102 Å². The fraction of sp³-hybridized carbons (Fsp3) is 0.0909. The number of ether oxygens (including phenoxy) is 10. The van der Waals surface area contributed by atoms with E-state index in [1.54, 1.807) is 54.6 Å². The lowest BCUT2D eigenvalue weighted by molar-refractivity contribution is -0.138. The van der Waals surface area contributed by atoms with Gasteiger partial charge in [0.2, 0.25) is 22.8 Å². The van der Waals surface area contributed by atoms with Crippen LogP contribution in [0.5, 0.6) is 74.7 Å². The van der Waals surface area contributed by atoms with Crippen molar-refractivity contribution in [2.24, 2.45) is 0 Å². The van der Waals surface area contributed by atoms with Gasteiger partial charge in [-0.05, 0) is 157 Å². The molecule has 3 amide bonds. The van der Waals surface area contributed by atoms with Gasteiger partial charge in [-0.2, -0.15) is 25.3 Å². The maximum Gasteiger partial charge on any atom is 0.347 e. The van der Waals surface area contributed by atoms with Gasteiger partial charge in [0.05, 0.1) is 0 Å². The lowest BCUT2D eigenvalue weighted by Crippen LogP contribution is -2.45. The molecule has 0 saturated heterocycles. The van der Waals surface area contributed by atoms with Crippen LogP contribution < -0.4 is 63.3 Å². The Morgan fingerprint density at radius 3 is 0.831 bits per heavy atom. The minimum Gasteiger partial charge on any atom is -0.507 e. The highest BCUT2D eigenvalue weighted by Crippen LogP contribution is 2.34. The summed E-state index contributed by atoms with van der Waals surface area (Å²) in [5.41, 5.74) is -0.481. The normalized spacial score (nSPS) is 11.2. The predicted octanol–water partition coefficient (Wildman–Crippen LogP) is 13.9. The highest BCUT2D eigenvalue weighted by Gasteiger charge is 2.32. The Morgan fingerprint density at radius 1 is 0.279 bits per heavy atom. The molecule has 12 rings (SSSR count). The summed E-state index contributed by atoms with van der Waals surface area (Å²) in [6, 6.07) is 64.6. The van der Waals surface area contributed by atoms with Crippen LogP contribution in [0.4, 0.5) is 0 Å². The van der Waals surface area contributed by atoms with Crippen LogP contribution >= 0.6 is 37.0 Å². The highest BCUT2D eigenvalue weighted by atomic mass is 32.2. The fourth-order valence-electron chi connectivity index (χ4n) is 11.8. The van der Waals surface area contributed by atoms with Gasteiger partial charge in [0.25, 0.3) is 0 Å². The first kappa shape index (κ1) is 101. The molecule has 0 spiro atoms. The molecule has 0 aliphatic heterocycles. The highest BCUT2D eigenvalue weighted by molar-refractivity contribution is 8.13. The summed E-state index contributed by atoms with van der Waals surface area (Å²) < 4.78 is 54.5. The molecular weight excluding hydrogens is 1820 g/mol. The molecule has 12 aromatic carbocycles. The molecule has 8 N–H and O–H groups in total. The van der Waals surface area contributed by atoms with E-state index in [0.29, 0.717) is 22.9 Å². The third-order valence-corrected chi connectivity index (χ3v) is 20.0. The molecule has 3 atom stereocenters. The number of carboxylic acids is 2. The Hall–Kier alpha value is -17.5. The third kappa shape index (κ3) is 28.8. The number of amides is 3. The molecule has 692 valence electrons. The second-order valence-corrected chi connectivity index (χ2v) is 29.7. The van der Waals surface area contributed by atoms with Gasteiger partial charge in [-0.3, -0.25) is 19.2 Å². The molecule has 37 heteroatoms. The predicted molar refractivity (Wildman–Crippen MR) is 494 cm³/mol. The molecule has 0 aliphatic rings. The van der Waals surface area contributed by atoms with E-state index in [2.05, 4.69) is 41.2 Å². The first-order valence-corrected chi connectivity index (χ1v) is 42.3. The quantitative estimate of drug-likeness (QED) is 0.00810. The molecule has 0 aromatic heterocycles. The van der Waals surface area contributed by atoms with Crippen molar-refractivity contribution in [1.29, 1.82) is 0 Å². The number of hydrogen-bond acceptors (Lipinski definition) is 32. The van der Waals surface area contributed by atoms with Crippen molar-refractivity contribution in [3.8, 4) is 74.7 Å². The summed E-state index contributed by atoms with van der Waals surface area (Å²) in [4.78, 5) is 199. The number of aromatic hydroxyl groups is 3. The van der Waals surface area contributed by atoms with Crippen molar-refractivity contribution in [2.75, 3.05) is 17.3 Å². The van der Waals surface area contributed by atoms with Crippen LogP contribution in [0.1, 0.15) is 135 Å². The number of carboxylic acid groups (broad SMARTS) is 2. The van der Waals surface area contributed by atoms with Gasteiger partial charge in [-0.15, -0.1) is 0 Å². The molecular formula is C99H77N3O31S3. The molecule has 12 aromatic rings. The first-order chi connectivity index (χ1) is 65.2. The zero-order valence-electron chi connectivity index (χ0n) is 71.3. The minimum atomic E-state index is -1.30. The molecule has 0 heterocycles. The number of phenols is 3. The summed E-state index contributed by atoms with van der Waals surface area (Å²) in [6.07, 6.45) is 3.27. The largest absolute Gasteiger partial charge is 0.507 e. The van der Waals surface area contributed by atoms with Gasteiger partial charge < -0.3 is 88.9 Å². The first-order valence-electron chi connectivity index (χ1n) is 40.0. The van der Waals surface area contributed by atoms with E-state index in [4.69, 9.17) is 47.4 Å². The van der Waals surface area contributed by atoms with Gasteiger partial charge in [-0.1, -0.05) is 157 Å². The second kappa shape index (κ2) is 49.0. The van der Waals surface area contributed by atoms with Crippen molar-refractivity contribution in [3.63, 3.8) is 0 Å². The summed E-state index contributed by atoms with van der Waals surface area (Å²) in [6.45, 7) is 3.66. The van der Waals surface area contributed by atoms with Crippen molar-refractivity contribution in [2.45, 2.75) is 38.9 Å². The summed E-state index contributed by atoms with van der Waals surface area (Å²) in [5, 5.41) is 55.7. The Bertz CT molecular complexity index is 6460. The van der Waals surface area contributed by atoms with E-state index in [1.807, 2.05) is 0 Å². The SMILES string of the molecule is CC(=O)NC(CS)C(=O)Oc1ccccc1C(=O)Oc1ccccc1C(=O)O.CC(=O)NC(CSC(=O)C(CS)NC(C)=O)C(=O)Oc1ccccc1C(=O)Oc1ccccc1C(=O)O.O=C(Oc1ccccc1C(=O)Oc1ccc(/C=C/c2cc(OC(=O)c3ccccc3OC(=O)c3ccccc3O)cc(OC(=O)c3ccccc3OC(=O)c3ccccc3O)c2)cc1)c1ccccc1O. The third-order valence-electron chi connectivity index (χ3n) is 18.2. The van der Waals surface area contributed by atoms with Crippen LogP contribution in [-0.4, -0.2) is 155 Å². The Labute approximate surface area is 787 Å². The number of hydrogen-bond donors (Lipinski definition) is 10. The number of carbonyl (C=O) groups excluding carboxylic acids is 14. The van der Waals surface area contributed by atoms with Crippen LogP contribution in [0.15, 0.2) is 285 Å². The maximum atomic E-state index is 13.8. The second-order valence-electron chi connectivity index (χ2n) is 28.0. The lowest BCUT2D eigenvalue weighted by Gasteiger charge is -2.19. The molecule has 0 fully saturated rings. The number of nitrogens with one attached hydrogen (secondary N) is 3. The fourth-order valence-corrected chi connectivity index (χ4v) is 13.3. The van der Waals surface area contributed by atoms with Crippen LogP contribution in [0, 0.1) is 0 Å². The number of thiol groups is 2. The Kier molecular flexibility index (Phi) is 36.3. The number of esters is 10. The number of benzene rings is 12. The van der Waals surface area contributed by atoms with Crippen molar-refractivity contribution in [3.05, 3.63) is 352 Å². The van der Waals surface area contributed by atoms with Gasteiger partial charge in [0, 0.05) is 44.1 Å². The maximum absolute atomic E-state index is 13.8. The molecule has 34 nitrogen and oxygen atoms in total. The number of thioether (sulfide) groups is 1. The number of rotatable bonds is 32. The molecule has 0 aliphatic carbocycles. The van der Waals surface area contributed by atoms with Gasteiger partial charge in [-0.25, -0.2) is 57.5 Å². The molecule has 0 bridgehead atoms. The van der Waals surface area contributed by atoms with Gasteiger partial charge in [0.1, 0.15) is 149 Å². The molecule has 3 unspecified atom stereocenters. The standard InChI is InChI=1S/C56H36O15.C24H24N2O9S2.C19H17NO7S/c57-45-19-7-1-13-39(45)51(60)69-48-22-10-4-16-42(48)54(63)66-36-29-27-34(28-30-36)25-26-35-31-37(67-55(64)43-17-5-11-23-49(43)70-52(61)40-14-2-8-20-46(40)58)33-38(32-35)68-56(65)44-18-6-12-24-50(44)71-53(62)41-15-3-9-21-47(41)59;1-13(27)25-17(11-36)24(33)37-12-18(26-14(2)28)23(32)35-20-10-6-4-8-16(20)22(31)34-19-9-5-3-7-15(19)21(29)30;1-11(21)20-14(10-28)19(25)27-16-9-5-3-7-13(16)18(24)26-15-8-4-2-6-12(15)17(22)23/h1-33,57-59H;3-10,17-18,36H,11-12H2,1-2H3,(H,25,27)(H,26,28)(H,29,30);2-9,14,28H,10H2,1H3,(H,20,21)(H,22,23)/b26-25+;;. The van der Waals surface area contributed by atoms with Crippen LogP contribution in [0.25, 0.3) is 12.2 Å². The van der Waals surface area contributed by atoms with E-state index in [-0.39, 0.29) is 148 Å². The molecule has 136 heavy (non-hydrogen) atoms. The van der Waals surface area contributed by atoms with Crippen molar-refractivity contribution >= 4 is 144 Å². The van der Waals surface area contributed by atoms with E-state index >= 15 is 0 Å². The summed E-state index contributed by atoms with van der Waals surface area (Å²) in [5.74, 6) is -15.5. The number of para-hydroxylation sites is 10. The topological polar surface area (TPSA) is 503 Å². The smallest absolute Gasteiger partial charge is 0.347 e. The zero-order chi connectivity index (χ0) is 98.1. The lowest BCUT2D eigenvalue weighted by atomic mass is 10.1. The van der Waals surface area contributed by atoms with Crippen LogP contribution in [0.3, 0.4) is 0 Å². The Morgan fingerprint density at radius 2 is 0.522 bits per heavy atom. The van der Waals surface area contributed by atoms with Crippen molar-refractivity contribution in [1.82, 2.24) is 16.0 Å². The minimum absolute atomic E-state index is 0.00296. The summed E-state index contributed by atoms with van der Waals surface area (Å²) >= 11 is 8.72. The van der Waals surface area contributed by atoms with Crippen LogP contribution in [-0.2, 0) is 28.8 Å². The number of aromatic carboxylic acids is 2. The zero-order valence-corrected chi connectivity index (χ0v) is 73.9. The van der Waals surface area contributed by atoms with Gasteiger partial charge >= 0.3 is 71.6 Å². The average Bonchev–Trinajstić information content (AvgIpc) is 0.812. The van der Waals surface area contributed by atoms with Crippen LogP contribution in [0.2, 0.25) is 0 Å². The van der Waals surface area contributed by atoms with Crippen molar-refractivity contribution < 1.29 is 150 Å². The van der Waals surface area contributed by atoms with Gasteiger partial charge in [0.15, 0.2) is 0 Å². The summed E-state index contributed by atoms with van der Waals surface area (Å²) in [7, 11) is 0. The van der Waals surface area contributed by atoms with E-state index in [0.717, 1.165) is 0 Å². The Balaban J connectivity index is 0.000000244. The molecule has 0 saturated carbocycles. The van der Waals surface area contributed by atoms with E-state index < -0.39 is 113 Å². The molecule has 0 radical (unpaired) electrons. The van der Waals surface area contributed by atoms with E-state index in [1.165, 1.54) is 263 Å². The number of carbonyl (C=O) groups is 16.